The average Bonchev–Trinajstić information content (AvgIpc) is 2.92. The molecule has 130 valence electrons. The molecule has 1 fully saturated rings. The van der Waals surface area contributed by atoms with Crippen LogP contribution in [0.1, 0.15) is 51.6 Å². The van der Waals surface area contributed by atoms with Crippen LogP contribution in [0.5, 0.6) is 0 Å². The summed E-state index contributed by atoms with van der Waals surface area (Å²) in [6.45, 7) is 4.63. The van der Waals surface area contributed by atoms with Gasteiger partial charge in [0.15, 0.2) is 0 Å². The molecule has 1 heterocycles. The van der Waals surface area contributed by atoms with Crippen molar-refractivity contribution in [2.45, 2.75) is 64.5 Å². The highest BCUT2D eigenvalue weighted by atomic mass is 16.3. The van der Waals surface area contributed by atoms with E-state index in [1.54, 1.807) is 0 Å². The van der Waals surface area contributed by atoms with E-state index in [0.29, 0.717) is 6.54 Å². The first-order valence-corrected chi connectivity index (χ1v) is 8.73. The summed E-state index contributed by atoms with van der Waals surface area (Å²) in [7, 11) is 2.04. The normalized spacial score (nSPS) is 25.8. The Kier molecular flexibility index (Phi) is 6.10. The Morgan fingerprint density at radius 2 is 2.30 bits per heavy atom. The molecule has 2 rings (SSSR count). The second-order valence-electron chi connectivity index (χ2n) is 7.29. The first kappa shape index (κ1) is 17.9. The largest absolute Gasteiger partial charge is 0.392 e. The Morgan fingerprint density at radius 3 is 2.96 bits per heavy atom. The molecule has 0 saturated heterocycles. The lowest BCUT2D eigenvalue weighted by Crippen LogP contribution is -2.49. The number of carbonyl (C=O) groups is 1. The number of rotatable bonds is 6. The van der Waals surface area contributed by atoms with Crippen LogP contribution >= 0.6 is 0 Å². The molecule has 3 unspecified atom stereocenters. The number of nitrogens with zero attached hydrogens (tertiary/aromatic N) is 1. The molecule has 3 N–H and O–H groups in total. The summed E-state index contributed by atoms with van der Waals surface area (Å²) < 4.78 is 2.11. The van der Waals surface area contributed by atoms with Gasteiger partial charge < -0.3 is 20.3 Å². The van der Waals surface area contributed by atoms with Gasteiger partial charge in [-0.2, -0.15) is 0 Å². The van der Waals surface area contributed by atoms with Crippen LogP contribution in [0.4, 0.5) is 4.79 Å². The quantitative estimate of drug-likeness (QED) is 0.754. The number of amides is 2. The first-order valence-electron chi connectivity index (χ1n) is 8.73. The van der Waals surface area contributed by atoms with Crippen LogP contribution in [0.15, 0.2) is 18.3 Å². The fourth-order valence-electron chi connectivity index (χ4n) is 3.34. The summed E-state index contributed by atoms with van der Waals surface area (Å²) in [6.07, 6.45) is 7.60. The number of aryl methyl sites for hydroxylation is 2. The van der Waals surface area contributed by atoms with Crippen molar-refractivity contribution in [3.63, 3.8) is 0 Å². The third kappa shape index (κ3) is 4.99. The number of carbonyl (C=O) groups excluding carboxylic acids is 1. The van der Waals surface area contributed by atoms with Crippen molar-refractivity contribution in [3.8, 4) is 0 Å². The molecule has 0 aliphatic heterocycles. The Balaban J connectivity index is 1.70. The fraction of sp³-hybridized carbons (Fsp3) is 0.722. The van der Waals surface area contributed by atoms with Crippen LogP contribution in [0.2, 0.25) is 0 Å². The van der Waals surface area contributed by atoms with Crippen LogP contribution in [0, 0.1) is 5.41 Å². The Bertz CT molecular complexity index is 514. The Morgan fingerprint density at radius 1 is 1.52 bits per heavy atom. The second kappa shape index (κ2) is 7.86. The van der Waals surface area contributed by atoms with Crippen molar-refractivity contribution >= 4 is 6.03 Å². The Labute approximate surface area is 139 Å². The van der Waals surface area contributed by atoms with Gasteiger partial charge in [-0.05, 0) is 44.7 Å². The van der Waals surface area contributed by atoms with Gasteiger partial charge in [0.05, 0.1) is 6.10 Å². The highest BCUT2D eigenvalue weighted by Gasteiger charge is 2.35. The van der Waals surface area contributed by atoms with Crippen LogP contribution < -0.4 is 10.6 Å². The molecule has 5 nitrogen and oxygen atoms in total. The van der Waals surface area contributed by atoms with E-state index in [1.807, 2.05) is 26.2 Å². The number of aliphatic hydroxyl groups excluding tert-OH is 1. The predicted molar refractivity (Wildman–Crippen MR) is 92.3 cm³/mol. The fourth-order valence-corrected chi connectivity index (χ4v) is 3.34. The molecule has 3 atom stereocenters. The van der Waals surface area contributed by atoms with E-state index in [4.69, 9.17) is 0 Å². The minimum Gasteiger partial charge on any atom is -0.392 e. The zero-order chi connectivity index (χ0) is 16.9. The number of hydrogen-bond acceptors (Lipinski definition) is 2. The van der Waals surface area contributed by atoms with E-state index in [9.17, 15) is 9.90 Å². The lowest BCUT2D eigenvalue weighted by atomic mass is 9.73. The number of urea groups is 1. The van der Waals surface area contributed by atoms with Crippen molar-refractivity contribution in [2.75, 3.05) is 6.54 Å². The molecule has 0 aromatic carbocycles. The number of aromatic nitrogens is 1. The minimum atomic E-state index is -0.314. The third-order valence-corrected chi connectivity index (χ3v) is 5.20. The molecule has 1 aromatic rings. The van der Waals surface area contributed by atoms with E-state index < -0.39 is 0 Å². The van der Waals surface area contributed by atoms with Crippen molar-refractivity contribution in [1.29, 1.82) is 0 Å². The van der Waals surface area contributed by atoms with E-state index in [0.717, 1.165) is 38.5 Å². The van der Waals surface area contributed by atoms with Crippen molar-refractivity contribution in [3.05, 3.63) is 24.0 Å². The second-order valence-corrected chi connectivity index (χ2v) is 7.29. The lowest BCUT2D eigenvalue weighted by molar-refractivity contribution is 0.00305. The van der Waals surface area contributed by atoms with Gasteiger partial charge >= 0.3 is 6.03 Å². The zero-order valence-corrected chi connectivity index (χ0v) is 14.6. The van der Waals surface area contributed by atoms with Gasteiger partial charge in [-0.1, -0.05) is 19.8 Å². The SMILES string of the molecule is CC(CCc1cccn1C)NC(=O)NCC1(C)CCCCC1O. The van der Waals surface area contributed by atoms with Crippen molar-refractivity contribution in [1.82, 2.24) is 15.2 Å². The molecule has 23 heavy (non-hydrogen) atoms. The summed E-state index contributed by atoms with van der Waals surface area (Å²) in [5.74, 6) is 0. The molecular formula is C18H31N3O2. The number of hydrogen-bond donors (Lipinski definition) is 3. The highest BCUT2D eigenvalue weighted by Crippen LogP contribution is 2.35. The predicted octanol–water partition coefficient (Wildman–Crippen LogP) is 2.59. The average molecular weight is 321 g/mol. The van der Waals surface area contributed by atoms with Crippen molar-refractivity contribution < 1.29 is 9.90 Å². The molecule has 0 radical (unpaired) electrons. The van der Waals surface area contributed by atoms with E-state index >= 15 is 0 Å². The summed E-state index contributed by atoms with van der Waals surface area (Å²) >= 11 is 0. The van der Waals surface area contributed by atoms with Crippen LogP contribution in [-0.2, 0) is 13.5 Å². The molecule has 1 saturated carbocycles. The van der Waals surface area contributed by atoms with Crippen molar-refractivity contribution in [2.24, 2.45) is 12.5 Å². The van der Waals surface area contributed by atoms with Gasteiger partial charge in [0.1, 0.15) is 0 Å². The van der Waals surface area contributed by atoms with Gasteiger partial charge in [0.2, 0.25) is 0 Å². The smallest absolute Gasteiger partial charge is 0.315 e. The highest BCUT2D eigenvalue weighted by molar-refractivity contribution is 5.74. The van der Waals surface area contributed by atoms with Gasteiger partial charge in [0, 0.05) is 36.9 Å². The number of aliphatic hydroxyl groups is 1. The summed E-state index contributed by atoms with van der Waals surface area (Å²) in [5, 5.41) is 16.1. The topological polar surface area (TPSA) is 66.3 Å². The first-order chi connectivity index (χ1) is 10.9. The summed E-state index contributed by atoms with van der Waals surface area (Å²) in [4.78, 5) is 12.1. The maximum absolute atomic E-state index is 12.1. The monoisotopic (exact) mass is 321 g/mol. The van der Waals surface area contributed by atoms with E-state index in [1.165, 1.54) is 5.69 Å². The standard InChI is InChI=1S/C18H31N3O2/c1-14(9-10-15-7-6-12-21(15)3)20-17(23)19-13-18(2)11-5-4-8-16(18)22/h6-7,12,14,16,22H,4-5,8-11,13H2,1-3H3,(H2,19,20,23). The third-order valence-electron chi connectivity index (χ3n) is 5.20. The summed E-state index contributed by atoms with van der Waals surface area (Å²) in [5.41, 5.74) is 1.08. The lowest BCUT2D eigenvalue weighted by Gasteiger charge is -2.38. The minimum absolute atomic E-state index is 0.119. The molecule has 5 heteroatoms. The van der Waals surface area contributed by atoms with Gasteiger partial charge in [-0.15, -0.1) is 0 Å². The zero-order valence-electron chi connectivity index (χ0n) is 14.6. The molecule has 1 aromatic heterocycles. The van der Waals surface area contributed by atoms with Crippen LogP contribution in [0.3, 0.4) is 0 Å². The van der Waals surface area contributed by atoms with Gasteiger partial charge in [-0.3, -0.25) is 0 Å². The maximum Gasteiger partial charge on any atom is 0.315 e. The maximum atomic E-state index is 12.1. The molecule has 1 aliphatic rings. The molecule has 1 aliphatic carbocycles. The molecule has 0 spiro atoms. The summed E-state index contributed by atoms with van der Waals surface area (Å²) in [6, 6.07) is 4.13. The molecular weight excluding hydrogens is 290 g/mol. The molecule has 2 amide bonds. The van der Waals surface area contributed by atoms with E-state index in [2.05, 4.69) is 28.2 Å². The van der Waals surface area contributed by atoms with Crippen LogP contribution in [0.25, 0.3) is 0 Å². The van der Waals surface area contributed by atoms with Gasteiger partial charge in [0.25, 0.3) is 0 Å². The van der Waals surface area contributed by atoms with Gasteiger partial charge in [-0.25, -0.2) is 4.79 Å². The number of nitrogens with one attached hydrogen (secondary N) is 2. The van der Waals surface area contributed by atoms with Crippen LogP contribution in [-0.4, -0.2) is 34.4 Å². The van der Waals surface area contributed by atoms with E-state index in [-0.39, 0.29) is 23.6 Å². The molecule has 0 bridgehead atoms. The Hall–Kier alpha value is -1.49.